The van der Waals surface area contributed by atoms with Gasteiger partial charge in [-0.05, 0) is 25.1 Å². The zero-order valence-corrected chi connectivity index (χ0v) is 19.3. The third kappa shape index (κ3) is 4.34. The molecular formula is C23H21Cl2FN6O. The second kappa shape index (κ2) is 9.13. The standard InChI is InChI=1S/C23H21Cl2FN6O/c1-13(22-17(24)11-28-12-18(22)25)33-14-2-3-20-15(8-14)23(31-30-20)16-10-29-21(9-19(16)26)32-6-4-27-5-7-32/h2-3,8-13,27H,4-7H2,1H3,(H,30,31)/t13-/m1/s1. The highest BCUT2D eigenvalue weighted by atomic mass is 35.5. The maximum absolute atomic E-state index is 15.1. The molecule has 0 saturated carbocycles. The van der Waals surface area contributed by atoms with Gasteiger partial charge in [0.05, 0.1) is 21.1 Å². The number of benzene rings is 1. The molecule has 1 atom stereocenters. The topological polar surface area (TPSA) is 79.0 Å². The van der Waals surface area contributed by atoms with Crippen LogP contribution in [0.15, 0.2) is 42.9 Å². The van der Waals surface area contributed by atoms with E-state index >= 15 is 4.39 Å². The summed E-state index contributed by atoms with van der Waals surface area (Å²) >= 11 is 12.5. The first-order chi connectivity index (χ1) is 16.0. The van der Waals surface area contributed by atoms with Gasteiger partial charge in [0, 0.05) is 61.8 Å². The van der Waals surface area contributed by atoms with Gasteiger partial charge in [0.15, 0.2) is 0 Å². The van der Waals surface area contributed by atoms with E-state index in [0.717, 1.165) is 37.1 Å². The Hall–Kier alpha value is -2.94. The number of rotatable bonds is 5. The highest BCUT2D eigenvalue weighted by molar-refractivity contribution is 6.35. The van der Waals surface area contributed by atoms with Crippen molar-refractivity contribution in [2.24, 2.45) is 0 Å². The second-order valence-corrected chi connectivity index (χ2v) is 8.63. The van der Waals surface area contributed by atoms with Crippen LogP contribution in [0.25, 0.3) is 22.2 Å². The van der Waals surface area contributed by atoms with Crippen molar-refractivity contribution < 1.29 is 9.13 Å². The summed E-state index contributed by atoms with van der Waals surface area (Å²) in [7, 11) is 0. The minimum atomic E-state index is -0.419. The van der Waals surface area contributed by atoms with Gasteiger partial charge in [0.25, 0.3) is 0 Å². The quantitative estimate of drug-likeness (QED) is 0.412. The van der Waals surface area contributed by atoms with E-state index < -0.39 is 6.10 Å². The van der Waals surface area contributed by atoms with Crippen molar-refractivity contribution in [3.8, 4) is 17.0 Å². The zero-order chi connectivity index (χ0) is 22.9. The Balaban J connectivity index is 1.45. The van der Waals surface area contributed by atoms with Crippen LogP contribution in [0, 0.1) is 5.82 Å². The molecule has 0 amide bonds. The van der Waals surface area contributed by atoms with Gasteiger partial charge in [0.2, 0.25) is 0 Å². The van der Waals surface area contributed by atoms with Crippen molar-refractivity contribution in [1.29, 1.82) is 0 Å². The van der Waals surface area contributed by atoms with Crippen LogP contribution in [0.3, 0.4) is 0 Å². The summed E-state index contributed by atoms with van der Waals surface area (Å²) in [5.41, 5.74) is 2.21. The van der Waals surface area contributed by atoms with Crippen molar-refractivity contribution in [3.05, 3.63) is 64.3 Å². The summed E-state index contributed by atoms with van der Waals surface area (Å²) < 4.78 is 21.2. The number of pyridine rings is 2. The molecule has 2 N–H and O–H groups in total. The average Bonchev–Trinajstić information content (AvgIpc) is 3.22. The fourth-order valence-corrected chi connectivity index (χ4v) is 4.68. The fraction of sp³-hybridized carbons (Fsp3) is 0.261. The molecule has 3 aromatic heterocycles. The molecule has 1 saturated heterocycles. The van der Waals surface area contributed by atoms with Crippen molar-refractivity contribution in [2.45, 2.75) is 13.0 Å². The number of nitrogens with one attached hydrogen (secondary N) is 2. The van der Waals surface area contributed by atoms with E-state index in [-0.39, 0.29) is 5.82 Å². The molecule has 7 nitrogen and oxygen atoms in total. The number of halogens is 3. The summed E-state index contributed by atoms with van der Waals surface area (Å²) in [6, 6.07) is 6.93. The van der Waals surface area contributed by atoms with Crippen molar-refractivity contribution in [1.82, 2.24) is 25.5 Å². The molecule has 0 spiro atoms. The van der Waals surface area contributed by atoms with Crippen LogP contribution in [0.1, 0.15) is 18.6 Å². The van der Waals surface area contributed by atoms with Crippen molar-refractivity contribution >= 4 is 39.9 Å². The maximum atomic E-state index is 15.1. The lowest BCUT2D eigenvalue weighted by molar-refractivity contribution is 0.227. The minimum Gasteiger partial charge on any atom is -0.486 e. The van der Waals surface area contributed by atoms with Crippen molar-refractivity contribution in [2.75, 3.05) is 31.1 Å². The van der Waals surface area contributed by atoms with E-state index in [2.05, 4.69) is 30.4 Å². The lowest BCUT2D eigenvalue weighted by Gasteiger charge is -2.28. The molecule has 0 unspecified atom stereocenters. The Morgan fingerprint density at radius 1 is 1.09 bits per heavy atom. The first kappa shape index (κ1) is 21.9. The van der Waals surface area contributed by atoms with Gasteiger partial charge in [0.1, 0.15) is 29.2 Å². The number of aromatic amines is 1. The summed E-state index contributed by atoms with van der Waals surface area (Å²) in [6.45, 7) is 5.15. The third-order valence-electron chi connectivity index (χ3n) is 5.68. The molecule has 4 aromatic rings. The Labute approximate surface area is 199 Å². The Kier molecular flexibility index (Phi) is 6.05. The van der Waals surface area contributed by atoms with E-state index in [1.165, 1.54) is 24.7 Å². The number of fused-ring (bicyclic) bond motifs is 1. The molecule has 10 heteroatoms. The predicted octanol–water partition coefficient (Wildman–Crippen LogP) is 5.02. The number of hydrogen-bond donors (Lipinski definition) is 2. The monoisotopic (exact) mass is 486 g/mol. The van der Waals surface area contributed by atoms with Gasteiger partial charge in [-0.15, -0.1) is 0 Å². The molecule has 1 aliphatic heterocycles. The van der Waals surface area contributed by atoms with E-state index in [4.69, 9.17) is 27.9 Å². The second-order valence-electron chi connectivity index (χ2n) is 7.82. The minimum absolute atomic E-state index is 0.325. The molecule has 0 bridgehead atoms. The molecule has 1 aliphatic rings. The average molecular weight is 487 g/mol. The van der Waals surface area contributed by atoms with Gasteiger partial charge in [-0.25, -0.2) is 9.37 Å². The maximum Gasteiger partial charge on any atom is 0.137 e. The van der Waals surface area contributed by atoms with Crippen LogP contribution in [0.2, 0.25) is 10.0 Å². The lowest BCUT2D eigenvalue weighted by Crippen LogP contribution is -2.43. The summed E-state index contributed by atoms with van der Waals surface area (Å²) in [5.74, 6) is 0.830. The first-order valence-corrected chi connectivity index (χ1v) is 11.3. The number of hydrogen-bond acceptors (Lipinski definition) is 6. The molecule has 170 valence electrons. The third-order valence-corrected chi connectivity index (χ3v) is 6.28. The highest BCUT2D eigenvalue weighted by Crippen LogP contribution is 2.35. The molecule has 1 aromatic carbocycles. The molecule has 0 aliphatic carbocycles. The fourth-order valence-electron chi connectivity index (χ4n) is 4.01. The van der Waals surface area contributed by atoms with E-state index in [1.807, 2.05) is 25.1 Å². The number of aromatic nitrogens is 4. The number of H-pyrrole nitrogens is 1. The van der Waals surface area contributed by atoms with Gasteiger partial charge >= 0.3 is 0 Å². The van der Waals surface area contributed by atoms with Gasteiger partial charge in [-0.3, -0.25) is 10.1 Å². The molecular weight excluding hydrogens is 466 g/mol. The van der Waals surface area contributed by atoms with Crippen LogP contribution in [0.5, 0.6) is 5.75 Å². The van der Waals surface area contributed by atoms with Crippen LogP contribution in [-0.2, 0) is 0 Å². The molecule has 33 heavy (non-hydrogen) atoms. The summed E-state index contributed by atoms with van der Waals surface area (Å²) in [4.78, 5) is 10.5. The molecule has 0 radical (unpaired) electrons. The summed E-state index contributed by atoms with van der Waals surface area (Å²) in [6.07, 6.45) is 4.17. The first-order valence-electron chi connectivity index (χ1n) is 10.6. The number of piperazine rings is 1. The largest absolute Gasteiger partial charge is 0.486 e. The lowest BCUT2D eigenvalue weighted by atomic mass is 10.1. The Morgan fingerprint density at radius 3 is 2.58 bits per heavy atom. The Morgan fingerprint density at radius 2 is 1.85 bits per heavy atom. The van der Waals surface area contributed by atoms with E-state index in [1.54, 1.807) is 0 Å². The summed E-state index contributed by atoms with van der Waals surface area (Å²) in [5, 5.41) is 12.2. The van der Waals surface area contributed by atoms with E-state index in [9.17, 15) is 0 Å². The van der Waals surface area contributed by atoms with E-state index in [0.29, 0.717) is 38.4 Å². The van der Waals surface area contributed by atoms with Gasteiger partial charge in [-0.1, -0.05) is 23.2 Å². The zero-order valence-electron chi connectivity index (χ0n) is 17.8. The van der Waals surface area contributed by atoms with Crippen LogP contribution < -0.4 is 15.0 Å². The van der Waals surface area contributed by atoms with Crippen LogP contribution in [-0.4, -0.2) is 46.3 Å². The van der Waals surface area contributed by atoms with Crippen LogP contribution in [0.4, 0.5) is 10.2 Å². The molecule has 1 fully saturated rings. The molecule has 4 heterocycles. The Bertz CT molecular complexity index is 1290. The number of ether oxygens (including phenoxy) is 1. The van der Waals surface area contributed by atoms with Crippen molar-refractivity contribution in [3.63, 3.8) is 0 Å². The predicted molar refractivity (Wildman–Crippen MR) is 128 cm³/mol. The number of anilines is 1. The SMILES string of the molecule is C[C@@H](Oc1ccc2[nH]nc(-c3cnc(N4CCNCC4)cc3F)c2c1)c1c(Cl)cncc1Cl. The van der Waals surface area contributed by atoms with Crippen LogP contribution >= 0.6 is 23.2 Å². The van der Waals surface area contributed by atoms with Gasteiger partial charge < -0.3 is 15.0 Å². The molecule has 5 rings (SSSR count). The number of nitrogens with zero attached hydrogens (tertiary/aromatic N) is 4. The smallest absolute Gasteiger partial charge is 0.137 e. The van der Waals surface area contributed by atoms with Gasteiger partial charge in [-0.2, -0.15) is 5.10 Å². The highest BCUT2D eigenvalue weighted by Gasteiger charge is 2.19. The normalized spacial score (nSPS) is 15.1.